The van der Waals surface area contributed by atoms with Crippen molar-refractivity contribution < 1.29 is 18.5 Å². The lowest BCUT2D eigenvalue weighted by Crippen LogP contribution is -2.16. The summed E-state index contributed by atoms with van der Waals surface area (Å²) in [7, 11) is 0. The molecule has 9 heteroatoms. The molecular formula is C12H10F2N4O3. The molecule has 0 saturated heterocycles. The zero-order chi connectivity index (χ0) is 15.7. The van der Waals surface area contributed by atoms with Gasteiger partial charge in [0.15, 0.2) is 17.3 Å². The van der Waals surface area contributed by atoms with E-state index in [1.165, 1.54) is 6.92 Å². The highest BCUT2D eigenvalue weighted by Gasteiger charge is 2.25. The number of hydrogen-bond acceptors (Lipinski definition) is 4. The number of hydrogen-bond donors (Lipinski definition) is 2. The second kappa shape index (κ2) is 5.27. The molecule has 0 aliphatic carbocycles. The van der Waals surface area contributed by atoms with Crippen molar-refractivity contribution in [2.75, 3.05) is 5.32 Å². The number of nitrogens with one attached hydrogen (secondary N) is 2. The second-order valence-corrected chi connectivity index (χ2v) is 4.28. The van der Waals surface area contributed by atoms with Crippen LogP contribution in [0.2, 0.25) is 0 Å². The number of rotatable bonds is 3. The summed E-state index contributed by atoms with van der Waals surface area (Å²) in [5, 5.41) is 19.2. The first-order valence-corrected chi connectivity index (χ1v) is 5.78. The number of aromatic amines is 1. The smallest absolute Gasteiger partial charge is 0.296 e. The molecule has 0 aliphatic heterocycles. The van der Waals surface area contributed by atoms with Crippen LogP contribution < -0.4 is 5.32 Å². The van der Waals surface area contributed by atoms with Crippen molar-refractivity contribution in [3.63, 3.8) is 0 Å². The van der Waals surface area contributed by atoms with Crippen LogP contribution in [0.5, 0.6) is 0 Å². The molecular weight excluding hydrogens is 286 g/mol. The maximum Gasteiger partial charge on any atom is 0.296 e. The number of nitrogens with zero attached hydrogens (tertiary/aromatic N) is 2. The van der Waals surface area contributed by atoms with Crippen LogP contribution in [0, 0.1) is 35.6 Å². The minimum Gasteiger partial charge on any atom is -0.314 e. The summed E-state index contributed by atoms with van der Waals surface area (Å²) in [5.74, 6) is -3.60. The standard InChI is InChI=1S/C12H10F2N4O3/c1-5-9(6(2)17-16-5)12(19)15-11-8(18(20)21)4-3-7(13)10(11)14/h3-4H,1-2H3,(H,15,19)(H,16,17). The Kier molecular flexibility index (Phi) is 3.66. The Morgan fingerprint density at radius 1 is 1.38 bits per heavy atom. The van der Waals surface area contributed by atoms with Crippen LogP contribution in [-0.2, 0) is 0 Å². The lowest BCUT2D eigenvalue weighted by molar-refractivity contribution is -0.384. The highest BCUT2D eigenvalue weighted by molar-refractivity contribution is 6.06. The first-order valence-electron chi connectivity index (χ1n) is 5.78. The lowest BCUT2D eigenvalue weighted by atomic mass is 10.1. The van der Waals surface area contributed by atoms with Gasteiger partial charge in [0.25, 0.3) is 11.6 Å². The molecule has 1 amide bonds. The number of H-pyrrole nitrogens is 1. The van der Waals surface area contributed by atoms with E-state index in [1.54, 1.807) is 6.92 Å². The van der Waals surface area contributed by atoms with E-state index in [2.05, 4.69) is 10.2 Å². The molecule has 2 rings (SSSR count). The number of amides is 1. The first-order chi connectivity index (χ1) is 9.82. The van der Waals surface area contributed by atoms with Crippen molar-refractivity contribution in [3.8, 4) is 0 Å². The molecule has 21 heavy (non-hydrogen) atoms. The van der Waals surface area contributed by atoms with Crippen molar-refractivity contribution in [3.05, 3.63) is 50.8 Å². The fourth-order valence-corrected chi connectivity index (χ4v) is 1.87. The average molecular weight is 296 g/mol. The minimum atomic E-state index is -1.49. The zero-order valence-corrected chi connectivity index (χ0v) is 11.0. The van der Waals surface area contributed by atoms with Gasteiger partial charge in [-0.2, -0.15) is 5.10 Å². The summed E-state index contributed by atoms with van der Waals surface area (Å²) in [6, 6.07) is 1.40. The molecule has 1 aromatic heterocycles. The van der Waals surface area contributed by atoms with E-state index >= 15 is 0 Å². The van der Waals surface area contributed by atoms with E-state index in [0.29, 0.717) is 17.5 Å². The first kappa shape index (κ1) is 14.6. The second-order valence-electron chi connectivity index (χ2n) is 4.28. The van der Waals surface area contributed by atoms with E-state index in [4.69, 9.17) is 0 Å². The normalized spacial score (nSPS) is 10.5. The van der Waals surface area contributed by atoms with Crippen molar-refractivity contribution in [1.29, 1.82) is 0 Å². The van der Waals surface area contributed by atoms with Gasteiger partial charge in [-0.3, -0.25) is 20.0 Å². The summed E-state index contributed by atoms with van der Waals surface area (Å²) in [4.78, 5) is 22.0. The Bertz CT molecular complexity index is 723. The monoisotopic (exact) mass is 296 g/mol. The third kappa shape index (κ3) is 2.57. The van der Waals surface area contributed by atoms with Crippen LogP contribution >= 0.6 is 0 Å². The van der Waals surface area contributed by atoms with Crippen molar-refractivity contribution in [2.45, 2.75) is 13.8 Å². The van der Waals surface area contributed by atoms with Crippen LogP contribution in [0.15, 0.2) is 12.1 Å². The number of halogens is 2. The number of carbonyl (C=O) groups is 1. The Labute approximate surface area is 117 Å². The third-order valence-electron chi connectivity index (χ3n) is 2.86. The molecule has 0 fully saturated rings. The zero-order valence-electron chi connectivity index (χ0n) is 11.0. The van der Waals surface area contributed by atoms with Crippen molar-refractivity contribution in [1.82, 2.24) is 10.2 Å². The number of aromatic nitrogens is 2. The topological polar surface area (TPSA) is 101 Å². The number of nitro benzene ring substituents is 1. The predicted octanol–water partition coefficient (Wildman–Crippen LogP) is 2.47. The molecule has 0 aliphatic rings. The Hall–Kier alpha value is -2.84. The van der Waals surface area contributed by atoms with Crippen LogP contribution in [-0.4, -0.2) is 21.0 Å². The van der Waals surface area contributed by atoms with E-state index in [-0.39, 0.29) is 5.56 Å². The van der Waals surface area contributed by atoms with E-state index in [0.717, 1.165) is 6.07 Å². The van der Waals surface area contributed by atoms with E-state index < -0.39 is 33.8 Å². The van der Waals surface area contributed by atoms with Crippen LogP contribution in [0.25, 0.3) is 0 Å². The fraction of sp³-hybridized carbons (Fsp3) is 0.167. The van der Waals surface area contributed by atoms with Gasteiger partial charge in [0.05, 0.1) is 16.2 Å². The summed E-state index contributed by atoms with van der Waals surface area (Å²) in [5.41, 5.74) is -0.687. The molecule has 1 aromatic carbocycles. The minimum absolute atomic E-state index is 0.118. The molecule has 7 nitrogen and oxygen atoms in total. The molecule has 0 spiro atoms. The van der Waals surface area contributed by atoms with Crippen molar-refractivity contribution in [2.24, 2.45) is 0 Å². The van der Waals surface area contributed by atoms with Gasteiger partial charge in [-0.25, -0.2) is 8.78 Å². The fourth-order valence-electron chi connectivity index (χ4n) is 1.87. The summed E-state index contributed by atoms with van der Waals surface area (Å²) >= 11 is 0. The molecule has 0 unspecified atom stereocenters. The molecule has 0 radical (unpaired) electrons. The van der Waals surface area contributed by atoms with Crippen LogP contribution in [0.3, 0.4) is 0 Å². The van der Waals surface area contributed by atoms with E-state index in [9.17, 15) is 23.7 Å². The molecule has 1 heterocycles. The van der Waals surface area contributed by atoms with Gasteiger partial charge in [-0.05, 0) is 19.9 Å². The summed E-state index contributed by atoms with van der Waals surface area (Å²) in [6.45, 7) is 3.10. The van der Waals surface area contributed by atoms with Gasteiger partial charge in [-0.15, -0.1) is 0 Å². The third-order valence-corrected chi connectivity index (χ3v) is 2.86. The maximum absolute atomic E-state index is 13.7. The highest BCUT2D eigenvalue weighted by atomic mass is 19.2. The quantitative estimate of drug-likeness (QED) is 0.671. The average Bonchev–Trinajstić information content (AvgIpc) is 2.74. The maximum atomic E-state index is 13.7. The molecule has 2 aromatic rings. The van der Waals surface area contributed by atoms with Gasteiger partial charge in [0.2, 0.25) is 0 Å². The SMILES string of the molecule is Cc1n[nH]c(C)c1C(=O)Nc1c([N+](=O)[O-])ccc(F)c1F. The summed E-state index contributed by atoms with van der Waals surface area (Å²) in [6.07, 6.45) is 0. The number of nitro groups is 1. The Balaban J connectivity index is 2.46. The molecule has 0 atom stereocenters. The van der Waals surface area contributed by atoms with Gasteiger partial charge in [0.1, 0.15) is 0 Å². The molecule has 2 N–H and O–H groups in total. The number of aryl methyl sites for hydroxylation is 2. The molecule has 0 saturated carbocycles. The van der Waals surface area contributed by atoms with Gasteiger partial charge < -0.3 is 5.32 Å². The number of benzene rings is 1. The van der Waals surface area contributed by atoms with E-state index in [1.807, 2.05) is 5.32 Å². The van der Waals surface area contributed by atoms with Gasteiger partial charge >= 0.3 is 0 Å². The number of carbonyl (C=O) groups excluding carboxylic acids is 1. The molecule has 110 valence electrons. The Morgan fingerprint density at radius 2 is 2.05 bits per heavy atom. The highest BCUT2D eigenvalue weighted by Crippen LogP contribution is 2.29. The largest absolute Gasteiger partial charge is 0.314 e. The summed E-state index contributed by atoms with van der Waals surface area (Å²) < 4.78 is 26.9. The molecule has 0 bridgehead atoms. The van der Waals surface area contributed by atoms with Gasteiger partial charge in [-0.1, -0.05) is 0 Å². The predicted molar refractivity (Wildman–Crippen MR) is 69.0 cm³/mol. The van der Waals surface area contributed by atoms with Gasteiger partial charge in [0, 0.05) is 11.8 Å². The number of anilines is 1. The van der Waals surface area contributed by atoms with Crippen molar-refractivity contribution >= 4 is 17.3 Å². The van der Waals surface area contributed by atoms with Crippen LogP contribution in [0.1, 0.15) is 21.7 Å². The Morgan fingerprint density at radius 3 is 2.57 bits per heavy atom. The lowest BCUT2D eigenvalue weighted by Gasteiger charge is -2.07. The van der Waals surface area contributed by atoms with Crippen LogP contribution in [0.4, 0.5) is 20.2 Å².